The van der Waals surface area contributed by atoms with E-state index in [1.54, 1.807) is 5.20 Å². The van der Waals surface area contributed by atoms with Gasteiger partial charge in [0.2, 0.25) is 0 Å². The molecule has 0 nitrogen and oxygen atoms in total. The second-order valence-electron chi connectivity index (χ2n) is 18.5. The molecule has 67 heavy (non-hydrogen) atoms. The van der Waals surface area contributed by atoms with Crippen LogP contribution in [0, 0.1) is 26.7 Å². The van der Waals surface area contributed by atoms with Crippen molar-refractivity contribution < 1.29 is 0 Å². The molecule has 9 aromatic carbocycles. The molecule has 1 atom stereocenters. The first-order valence-electron chi connectivity index (χ1n) is 23.9. The highest BCUT2D eigenvalue weighted by Gasteiger charge is 2.54. The average molecular weight is 879 g/mol. The smallest absolute Gasteiger partial charge is 0.0636 e. The molecule has 1 aliphatic carbocycles. The van der Waals surface area contributed by atoms with Crippen molar-refractivity contribution in [2.24, 2.45) is 5.92 Å². The Balaban J connectivity index is 1.57. The molecule has 0 aliphatic heterocycles. The predicted octanol–water partition coefficient (Wildman–Crippen LogP) is 15.9. The highest BCUT2D eigenvalue weighted by Crippen LogP contribution is 2.47. The van der Waals surface area contributed by atoms with Crippen molar-refractivity contribution >= 4 is 23.6 Å². The van der Waals surface area contributed by atoms with Crippen LogP contribution in [0.25, 0.3) is 66.8 Å². The molecule has 0 amide bonds. The minimum atomic E-state index is -3.67. The Kier molecular flexibility index (Phi) is 11.8. The van der Waals surface area contributed by atoms with Gasteiger partial charge in [0, 0.05) is 0 Å². The van der Waals surface area contributed by atoms with Crippen molar-refractivity contribution in [1.82, 2.24) is 0 Å². The average Bonchev–Trinajstić information content (AvgIpc) is 3.57. The van der Waals surface area contributed by atoms with E-state index in [0.29, 0.717) is 0 Å². The van der Waals surface area contributed by atoms with Crippen LogP contribution in [0.1, 0.15) is 44.4 Å². The molecular formula is C66H58Si. The molecule has 1 unspecified atom stereocenters. The van der Waals surface area contributed by atoms with Gasteiger partial charge in [0.15, 0.2) is 8.07 Å². The molecule has 9 aromatic rings. The maximum atomic E-state index is 2.52. The Morgan fingerprint density at radius 2 is 0.493 bits per heavy atom. The quantitative estimate of drug-likeness (QED) is 0.0948. The summed E-state index contributed by atoms with van der Waals surface area (Å²) < 4.78 is 0. The van der Waals surface area contributed by atoms with E-state index in [1.165, 1.54) is 116 Å². The first-order valence-corrected chi connectivity index (χ1v) is 25.9. The molecule has 326 valence electrons. The lowest BCUT2D eigenvalue weighted by Gasteiger charge is -2.45. The second-order valence-corrected chi connectivity index (χ2v) is 22.0. The molecule has 10 rings (SSSR count). The highest BCUT2D eigenvalue weighted by molar-refractivity contribution is 7.18. The fourth-order valence-electron chi connectivity index (χ4n) is 11.7. The molecule has 0 radical (unpaired) electrons. The summed E-state index contributed by atoms with van der Waals surface area (Å²) in [6.45, 7) is 17.1. The standard InChI is InChI=1S/C66H58Si/c1-44-45(2)47(4)63(46(44)3)67(64-48(5)57(51-26-14-8-15-27-51)38-41-60(64)54-32-20-11-21-33-54,65-49(6)58(52-28-16-9-17-29-52)39-42-61(65)55-34-22-12-23-35-55)66-50(7)59(53-30-18-10-19-31-53)40-43-62(66)56-36-24-13-25-37-56/h8-43,46H,1-7H3. The molecule has 1 heteroatoms. The van der Waals surface area contributed by atoms with Crippen molar-refractivity contribution in [1.29, 1.82) is 0 Å². The van der Waals surface area contributed by atoms with Crippen molar-refractivity contribution in [3.05, 3.63) is 257 Å². The number of hydrogen-bond acceptors (Lipinski definition) is 0. The number of benzene rings is 9. The maximum absolute atomic E-state index is 3.67. The SMILES string of the molecule is CC1=C(C)C(C)C([Si](c2c(-c3ccccc3)ccc(-c3ccccc3)c2C)(c2c(-c3ccccc3)ccc(-c3ccccc3)c2C)c2c(-c3ccccc3)ccc(-c3ccccc3)c2C)=C1C. The van der Waals surface area contributed by atoms with Crippen LogP contribution in [0.5, 0.6) is 0 Å². The number of rotatable bonds is 10. The summed E-state index contributed by atoms with van der Waals surface area (Å²) in [6, 6.07) is 81.7. The summed E-state index contributed by atoms with van der Waals surface area (Å²) in [4.78, 5) is 0. The van der Waals surface area contributed by atoms with Gasteiger partial charge in [0.1, 0.15) is 0 Å². The Hall–Kier alpha value is -7.32. The Labute approximate surface area is 399 Å². The third-order valence-corrected chi connectivity index (χ3v) is 20.9. The van der Waals surface area contributed by atoms with Gasteiger partial charge in [-0.25, -0.2) is 0 Å². The fraction of sp³-hybridized carbons (Fsp3) is 0.121. The Morgan fingerprint density at radius 3 is 0.716 bits per heavy atom. The normalized spacial score (nSPS) is 13.9. The second kappa shape index (κ2) is 18.2. The molecule has 0 spiro atoms. The summed E-state index contributed by atoms with van der Waals surface area (Å²) in [7, 11) is -3.67. The third kappa shape index (κ3) is 7.39. The van der Waals surface area contributed by atoms with Gasteiger partial charge in [-0.1, -0.05) is 242 Å². The molecule has 1 aliphatic rings. The van der Waals surface area contributed by atoms with Crippen LogP contribution in [0.15, 0.2) is 240 Å². The van der Waals surface area contributed by atoms with Gasteiger partial charge in [0.25, 0.3) is 0 Å². The minimum Gasteiger partial charge on any atom is -0.0636 e. The predicted molar refractivity (Wildman–Crippen MR) is 291 cm³/mol. The lowest BCUT2D eigenvalue weighted by atomic mass is 9.94. The topological polar surface area (TPSA) is 0 Å². The van der Waals surface area contributed by atoms with E-state index in [2.05, 4.69) is 267 Å². The van der Waals surface area contributed by atoms with Gasteiger partial charge in [-0.15, -0.1) is 0 Å². The Morgan fingerprint density at radius 1 is 0.269 bits per heavy atom. The first kappa shape index (κ1) is 43.6. The van der Waals surface area contributed by atoms with Crippen molar-refractivity contribution in [3.8, 4) is 66.8 Å². The first-order chi connectivity index (χ1) is 32.7. The molecular weight excluding hydrogens is 821 g/mol. The van der Waals surface area contributed by atoms with Crippen molar-refractivity contribution in [2.75, 3.05) is 0 Å². The molecule has 0 fully saturated rings. The van der Waals surface area contributed by atoms with E-state index in [1.807, 2.05) is 0 Å². The number of allylic oxidation sites excluding steroid dienone is 4. The van der Waals surface area contributed by atoms with E-state index in [0.717, 1.165) is 0 Å². The van der Waals surface area contributed by atoms with Crippen LogP contribution in [-0.2, 0) is 0 Å². The van der Waals surface area contributed by atoms with Gasteiger partial charge in [-0.2, -0.15) is 0 Å². The van der Waals surface area contributed by atoms with Crippen LogP contribution < -0.4 is 15.6 Å². The summed E-state index contributed by atoms with van der Waals surface area (Å²) in [5.41, 5.74) is 23.4. The van der Waals surface area contributed by atoms with Gasteiger partial charge < -0.3 is 0 Å². The van der Waals surface area contributed by atoms with Gasteiger partial charge >= 0.3 is 0 Å². The molecule has 0 saturated heterocycles. The monoisotopic (exact) mass is 878 g/mol. The van der Waals surface area contributed by atoms with Gasteiger partial charge in [-0.05, 0) is 152 Å². The summed E-state index contributed by atoms with van der Waals surface area (Å²) in [5, 5.41) is 5.95. The zero-order chi connectivity index (χ0) is 46.2. The van der Waals surface area contributed by atoms with Gasteiger partial charge in [-0.3, -0.25) is 0 Å². The number of hydrogen-bond donors (Lipinski definition) is 0. The lowest BCUT2D eigenvalue weighted by molar-refractivity contribution is 0.851. The van der Waals surface area contributed by atoms with Gasteiger partial charge in [0.05, 0.1) is 0 Å². The van der Waals surface area contributed by atoms with Crippen LogP contribution in [0.3, 0.4) is 0 Å². The van der Waals surface area contributed by atoms with Crippen molar-refractivity contribution in [3.63, 3.8) is 0 Å². The molecule has 0 aromatic heterocycles. The van der Waals surface area contributed by atoms with Crippen LogP contribution in [0.4, 0.5) is 0 Å². The molecule has 0 saturated carbocycles. The summed E-state index contributed by atoms with van der Waals surface area (Å²) in [5.74, 6) is 0.168. The van der Waals surface area contributed by atoms with E-state index in [9.17, 15) is 0 Å². The molecule has 0 N–H and O–H groups in total. The van der Waals surface area contributed by atoms with Crippen LogP contribution in [0.2, 0.25) is 0 Å². The van der Waals surface area contributed by atoms with Crippen LogP contribution in [-0.4, -0.2) is 8.07 Å². The zero-order valence-electron chi connectivity index (χ0n) is 39.9. The maximum Gasteiger partial charge on any atom is 0.179 e. The molecule has 0 heterocycles. The fourth-order valence-corrected chi connectivity index (χ4v) is 18.9. The van der Waals surface area contributed by atoms with E-state index >= 15 is 0 Å². The molecule has 0 bridgehead atoms. The summed E-state index contributed by atoms with van der Waals surface area (Å²) >= 11 is 0. The van der Waals surface area contributed by atoms with Crippen molar-refractivity contribution in [2.45, 2.75) is 48.5 Å². The van der Waals surface area contributed by atoms with E-state index in [-0.39, 0.29) is 5.92 Å². The lowest BCUT2D eigenvalue weighted by Crippen LogP contribution is -2.73. The zero-order valence-corrected chi connectivity index (χ0v) is 40.9. The Bertz CT molecular complexity index is 2990. The minimum absolute atomic E-state index is 0.168. The van der Waals surface area contributed by atoms with E-state index in [4.69, 9.17) is 0 Å². The third-order valence-electron chi connectivity index (χ3n) is 15.1. The van der Waals surface area contributed by atoms with E-state index < -0.39 is 8.07 Å². The highest BCUT2D eigenvalue weighted by atomic mass is 28.3. The van der Waals surface area contributed by atoms with Crippen LogP contribution >= 0.6 is 0 Å². The summed E-state index contributed by atoms with van der Waals surface area (Å²) in [6.07, 6.45) is 0. The largest absolute Gasteiger partial charge is 0.179 e.